The third-order valence-corrected chi connectivity index (χ3v) is 4.05. The van der Waals surface area contributed by atoms with Crippen LogP contribution < -0.4 is 0 Å². The van der Waals surface area contributed by atoms with Gasteiger partial charge in [-0.3, -0.25) is 9.59 Å². The molecule has 0 amide bonds. The number of methoxy groups -OCH3 is 1. The van der Waals surface area contributed by atoms with Gasteiger partial charge in [-0.25, -0.2) is 0 Å². The molecule has 0 spiro atoms. The normalized spacial score (nSPS) is 30.7. The number of hydrogen-bond donors (Lipinski definition) is 1. The molecule has 1 heterocycles. The molecule has 0 aromatic rings. The Morgan fingerprint density at radius 1 is 1.38 bits per heavy atom. The SMILES string of the molecule is COC(=O)[C@H]1[C@@H](C(=O)O)N1[S@@+]([O-])C(C)(C)C. The standard InChI is InChI=1S/C9H15NO5S/c1-9(2,3)16(14)10-5(7(11)12)6(10)8(13)15-4/h5-6H,1-4H3,(H,11,12)/t5-,6+,10?,16-/m0/s1. The van der Waals surface area contributed by atoms with Crippen molar-refractivity contribution < 1.29 is 24.0 Å². The summed E-state index contributed by atoms with van der Waals surface area (Å²) in [6, 6.07) is -1.96. The van der Waals surface area contributed by atoms with Crippen LogP contribution in [0, 0.1) is 0 Å². The summed E-state index contributed by atoms with van der Waals surface area (Å²) in [6.07, 6.45) is 0. The fourth-order valence-electron chi connectivity index (χ4n) is 1.33. The summed E-state index contributed by atoms with van der Waals surface area (Å²) in [6.45, 7) is 5.15. The van der Waals surface area contributed by atoms with E-state index in [4.69, 9.17) is 5.11 Å². The first-order chi connectivity index (χ1) is 7.21. The van der Waals surface area contributed by atoms with Gasteiger partial charge in [-0.1, -0.05) is 4.31 Å². The van der Waals surface area contributed by atoms with E-state index in [-0.39, 0.29) is 0 Å². The van der Waals surface area contributed by atoms with Gasteiger partial charge in [0.2, 0.25) is 0 Å². The van der Waals surface area contributed by atoms with E-state index < -0.39 is 40.1 Å². The topological polar surface area (TPSA) is 89.7 Å². The van der Waals surface area contributed by atoms with Crippen molar-refractivity contribution >= 4 is 23.3 Å². The van der Waals surface area contributed by atoms with Crippen molar-refractivity contribution in [3.63, 3.8) is 0 Å². The van der Waals surface area contributed by atoms with Crippen LogP contribution in [0.3, 0.4) is 0 Å². The van der Waals surface area contributed by atoms with Gasteiger partial charge in [0, 0.05) is 11.4 Å². The number of carbonyl (C=O) groups is 2. The number of nitrogens with zero attached hydrogens (tertiary/aromatic N) is 1. The number of hydrogen-bond acceptors (Lipinski definition) is 5. The quantitative estimate of drug-likeness (QED) is 0.422. The third-order valence-electron chi connectivity index (χ3n) is 2.17. The van der Waals surface area contributed by atoms with Gasteiger partial charge in [-0.05, 0) is 20.8 Å². The van der Waals surface area contributed by atoms with Crippen molar-refractivity contribution in [3.05, 3.63) is 0 Å². The highest BCUT2D eigenvalue weighted by Crippen LogP contribution is 2.38. The summed E-state index contributed by atoms with van der Waals surface area (Å²) < 4.78 is 17.0. The second kappa shape index (κ2) is 4.23. The molecule has 16 heavy (non-hydrogen) atoms. The summed E-state index contributed by atoms with van der Waals surface area (Å²) in [5.41, 5.74) is 0. The van der Waals surface area contributed by atoms with E-state index in [2.05, 4.69) is 4.74 Å². The lowest BCUT2D eigenvalue weighted by atomic mass is 10.3. The van der Waals surface area contributed by atoms with Crippen molar-refractivity contribution in [3.8, 4) is 0 Å². The van der Waals surface area contributed by atoms with Crippen LogP contribution in [0.25, 0.3) is 0 Å². The lowest BCUT2D eigenvalue weighted by Crippen LogP contribution is -2.36. The van der Waals surface area contributed by atoms with Gasteiger partial charge < -0.3 is 14.4 Å². The molecule has 1 fully saturated rings. The predicted octanol–water partition coefficient (Wildman–Crippen LogP) is -0.241. The lowest BCUT2D eigenvalue weighted by molar-refractivity contribution is -0.143. The van der Waals surface area contributed by atoms with Gasteiger partial charge in [-0.15, -0.1) is 0 Å². The first-order valence-electron chi connectivity index (χ1n) is 4.72. The van der Waals surface area contributed by atoms with Crippen LogP contribution in [-0.2, 0) is 25.7 Å². The highest BCUT2D eigenvalue weighted by Gasteiger charge is 2.67. The summed E-state index contributed by atoms with van der Waals surface area (Å²) in [4.78, 5) is 22.1. The van der Waals surface area contributed by atoms with Crippen LogP contribution in [-0.4, -0.2) is 49.8 Å². The molecule has 1 unspecified atom stereocenters. The first-order valence-corrected chi connectivity index (χ1v) is 5.83. The molecule has 0 aromatic carbocycles. The second-order valence-electron chi connectivity index (χ2n) is 4.47. The van der Waals surface area contributed by atoms with E-state index >= 15 is 0 Å². The van der Waals surface area contributed by atoms with Gasteiger partial charge in [0.1, 0.15) is 4.75 Å². The van der Waals surface area contributed by atoms with Crippen molar-refractivity contribution in [2.24, 2.45) is 0 Å². The number of ether oxygens (including phenoxy) is 1. The van der Waals surface area contributed by atoms with Crippen LogP contribution in [0.1, 0.15) is 20.8 Å². The Morgan fingerprint density at radius 2 is 1.88 bits per heavy atom. The number of aliphatic carboxylic acids is 1. The van der Waals surface area contributed by atoms with Gasteiger partial charge in [0.25, 0.3) is 0 Å². The number of carbonyl (C=O) groups excluding carboxylic acids is 1. The van der Waals surface area contributed by atoms with E-state index in [1.165, 1.54) is 7.11 Å². The third kappa shape index (κ3) is 2.31. The predicted molar refractivity (Wildman–Crippen MR) is 57.0 cm³/mol. The molecule has 1 saturated heterocycles. The zero-order valence-electron chi connectivity index (χ0n) is 9.59. The van der Waals surface area contributed by atoms with Gasteiger partial charge in [0.05, 0.1) is 7.11 Å². The summed E-state index contributed by atoms with van der Waals surface area (Å²) in [5.74, 6) is -1.82. The Balaban J connectivity index is 2.82. The molecular formula is C9H15NO5S. The Kier molecular flexibility index (Phi) is 3.51. The van der Waals surface area contributed by atoms with Crippen LogP contribution in [0.15, 0.2) is 0 Å². The van der Waals surface area contributed by atoms with Gasteiger partial charge >= 0.3 is 11.9 Å². The maximum Gasteiger partial charge on any atom is 0.330 e. The van der Waals surface area contributed by atoms with Crippen LogP contribution in [0.4, 0.5) is 0 Å². The molecule has 6 nitrogen and oxygen atoms in total. The average molecular weight is 249 g/mol. The number of esters is 1. The molecule has 0 bridgehead atoms. The van der Waals surface area contributed by atoms with E-state index in [1.807, 2.05) is 0 Å². The summed E-state index contributed by atoms with van der Waals surface area (Å²) in [5, 5.41) is 8.87. The Morgan fingerprint density at radius 3 is 2.19 bits per heavy atom. The zero-order valence-corrected chi connectivity index (χ0v) is 10.4. The van der Waals surface area contributed by atoms with Gasteiger partial charge in [0.15, 0.2) is 12.1 Å². The Bertz CT molecular complexity index is 314. The molecule has 0 saturated carbocycles. The molecule has 0 aromatic heterocycles. The Hall–Kier alpha value is -0.790. The van der Waals surface area contributed by atoms with Crippen LogP contribution >= 0.6 is 0 Å². The lowest BCUT2D eigenvalue weighted by Gasteiger charge is -2.24. The minimum absolute atomic E-state index is 0.601. The minimum Gasteiger partial charge on any atom is -0.597 e. The maximum atomic E-state index is 11.9. The fourth-order valence-corrected chi connectivity index (χ4v) is 2.73. The smallest absolute Gasteiger partial charge is 0.330 e. The highest BCUT2D eigenvalue weighted by molar-refractivity contribution is 7.90. The average Bonchev–Trinajstić information content (AvgIpc) is 2.88. The zero-order chi connectivity index (χ0) is 12.7. The molecule has 1 aliphatic heterocycles. The van der Waals surface area contributed by atoms with E-state index in [0.29, 0.717) is 0 Å². The van der Waals surface area contributed by atoms with Crippen LogP contribution in [0.5, 0.6) is 0 Å². The summed E-state index contributed by atoms with van der Waals surface area (Å²) >= 11 is -1.53. The number of carboxylic acids is 1. The van der Waals surface area contributed by atoms with Crippen LogP contribution in [0.2, 0.25) is 0 Å². The van der Waals surface area contributed by atoms with Crippen molar-refractivity contribution in [1.29, 1.82) is 0 Å². The molecule has 7 heteroatoms. The van der Waals surface area contributed by atoms with Crippen molar-refractivity contribution in [2.45, 2.75) is 37.6 Å². The number of carboxylic acid groups (broad SMARTS) is 1. The molecule has 1 N–H and O–H groups in total. The molecule has 4 atom stereocenters. The summed E-state index contributed by atoms with van der Waals surface area (Å²) in [7, 11) is 1.18. The van der Waals surface area contributed by atoms with Crippen molar-refractivity contribution in [2.75, 3.05) is 7.11 Å². The first kappa shape index (κ1) is 13.3. The molecule has 1 rings (SSSR count). The van der Waals surface area contributed by atoms with Crippen molar-refractivity contribution in [1.82, 2.24) is 4.31 Å². The number of rotatable bonds is 3. The molecule has 0 radical (unpaired) electrons. The largest absolute Gasteiger partial charge is 0.597 e. The minimum atomic E-state index is -1.53. The Labute approximate surface area is 96.9 Å². The second-order valence-corrected chi connectivity index (χ2v) is 6.62. The molecular weight excluding hydrogens is 234 g/mol. The van der Waals surface area contributed by atoms with E-state index in [9.17, 15) is 14.1 Å². The molecule has 92 valence electrons. The van der Waals surface area contributed by atoms with E-state index in [0.717, 1.165) is 4.31 Å². The molecule has 0 aliphatic carbocycles. The maximum absolute atomic E-state index is 11.9. The van der Waals surface area contributed by atoms with Gasteiger partial charge in [-0.2, -0.15) is 0 Å². The highest BCUT2D eigenvalue weighted by atomic mass is 32.2. The monoisotopic (exact) mass is 249 g/mol. The molecule has 1 aliphatic rings. The van der Waals surface area contributed by atoms with E-state index in [1.54, 1.807) is 20.8 Å². The fraction of sp³-hybridized carbons (Fsp3) is 0.778.